The van der Waals surface area contributed by atoms with Gasteiger partial charge in [0.2, 0.25) is 11.8 Å². The highest BCUT2D eigenvalue weighted by Gasteiger charge is 2.28. The predicted octanol–water partition coefficient (Wildman–Crippen LogP) is 5.38. The van der Waals surface area contributed by atoms with Gasteiger partial charge in [0.05, 0.1) is 22.2 Å². The van der Waals surface area contributed by atoms with Crippen LogP contribution in [0, 0.1) is 28.8 Å². The van der Waals surface area contributed by atoms with Crippen LogP contribution in [0.5, 0.6) is 5.88 Å². The van der Waals surface area contributed by atoms with Crippen molar-refractivity contribution < 1.29 is 32.3 Å². The highest BCUT2D eigenvalue weighted by molar-refractivity contribution is 7.17. The van der Waals surface area contributed by atoms with Crippen molar-refractivity contribution >= 4 is 29.1 Å². The lowest BCUT2D eigenvalue weighted by Crippen LogP contribution is -2.41. The minimum absolute atomic E-state index is 0.0193. The number of nitrogens with one attached hydrogen (secondary N) is 3. The Bertz CT molecular complexity index is 1780. The summed E-state index contributed by atoms with van der Waals surface area (Å²) in [5.41, 5.74) is 5.99. The molecule has 2 aromatic carbocycles. The molecule has 3 N–H and O–H groups in total. The van der Waals surface area contributed by atoms with E-state index in [0.29, 0.717) is 16.9 Å². The van der Waals surface area contributed by atoms with Crippen molar-refractivity contribution in [1.82, 2.24) is 21.2 Å². The van der Waals surface area contributed by atoms with Crippen LogP contribution in [0.3, 0.4) is 0 Å². The van der Waals surface area contributed by atoms with Crippen molar-refractivity contribution in [1.29, 1.82) is 5.26 Å². The maximum atomic E-state index is 13.6. The summed E-state index contributed by atoms with van der Waals surface area (Å²) in [6.07, 6.45) is 0.138. The zero-order valence-electron chi connectivity index (χ0n) is 24.5. The Balaban J connectivity index is 1.78. The number of nitriles is 1. The zero-order chi connectivity index (χ0) is 32.7. The molecule has 0 atom stereocenters. The number of halogens is 3. The molecule has 0 spiro atoms. The number of aryl methyl sites for hydroxylation is 2. The molecule has 0 saturated heterocycles. The first kappa shape index (κ1) is 32.7. The van der Waals surface area contributed by atoms with E-state index in [1.165, 1.54) is 31.2 Å². The molecule has 0 radical (unpaired) electrons. The Morgan fingerprint density at radius 1 is 0.933 bits per heavy atom. The summed E-state index contributed by atoms with van der Waals surface area (Å²) < 4.78 is 46.3. The maximum Gasteiger partial charge on any atom is 0.272 e. The molecule has 4 rings (SSSR count). The molecule has 4 aromatic rings. The van der Waals surface area contributed by atoms with Crippen LogP contribution in [0.1, 0.15) is 63.2 Å². The zero-order valence-corrected chi connectivity index (χ0v) is 25.3. The van der Waals surface area contributed by atoms with Crippen LogP contribution in [-0.2, 0) is 24.2 Å². The summed E-state index contributed by atoms with van der Waals surface area (Å²) in [6.45, 7) is 4.63. The monoisotopic (exact) mass is 635 g/mol. The smallest absolute Gasteiger partial charge is 0.272 e. The summed E-state index contributed by atoms with van der Waals surface area (Å²) in [5.74, 6) is -4.29. The number of pyridine rings is 1. The number of rotatable bonds is 10. The van der Waals surface area contributed by atoms with E-state index >= 15 is 0 Å². The fraction of sp³-hybridized carbons (Fsp3) is 0.219. The Morgan fingerprint density at radius 2 is 1.64 bits per heavy atom. The Hall–Kier alpha value is -5.22. The molecule has 0 aliphatic rings. The van der Waals surface area contributed by atoms with Crippen LogP contribution < -0.4 is 20.9 Å². The topological polar surface area (TPSA) is 133 Å². The fourth-order valence-corrected chi connectivity index (χ4v) is 5.31. The second-order valence-electron chi connectivity index (χ2n) is 10.1. The van der Waals surface area contributed by atoms with Crippen molar-refractivity contribution in [2.24, 2.45) is 0 Å². The molecule has 0 saturated carbocycles. The number of thiophene rings is 1. The molecular formula is C32H28F3N5O4S. The quantitative estimate of drug-likeness (QED) is 0.201. The SMILES string of the molecule is CC(=O)NNC(=O)c1c(CCc2ccc(F)cc2)nc(OC(C)C)c(C#N)c1-c1ccc(C(=O)NCc2ccc(F)c(F)c2)s1. The second-order valence-corrected chi connectivity index (χ2v) is 11.2. The number of carbonyl (C=O) groups excluding carboxylic acids is 3. The minimum Gasteiger partial charge on any atom is -0.474 e. The molecular weight excluding hydrogens is 607 g/mol. The lowest BCUT2D eigenvalue weighted by atomic mass is 9.95. The Morgan fingerprint density at radius 3 is 2.29 bits per heavy atom. The fourth-order valence-electron chi connectivity index (χ4n) is 4.33. The average Bonchev–Trinajstić information content (AvgIpc) is 3.49. The van der Waals surface area contributed by atoms with Crippen molar-refractivity contribution in [2.45, 2.75) is 46.3 Å². The second kappa shape index (κ2) is 14.5. The van der Waals surface area contributed by atoms with Crippen LogP contribution in [-0.4, -0.2) is 28.8 Å². The molecule has 9 nitrogen and oxygen atoms in total. The molecule has 0 aliphatic heterocycles. The van der Waals surface area contributed by atoms with Crippen LogP contribution >= 0.6 is 11.3 Å². The lowest BCUT2D eigenvalue weighted by molar-refractivity contribution is -0.119. The summed E-state index contributed by atoms with van der Waals surface area (Å²) >= 11 is 0.983. The van der Waals surface area contributed by atoms with E-state index in [-0.39, 0.29) is 52.2 Å². The van der Waals surface area contributed by atoms with Gasteiger partial charge in [0.25, 0.3) is 11.8 Å². The molecule has 0 unspecified atom stereocenters. The van der Waals surface area contributed by atoms with Gasteiger partial charge in [-0.1, -0.05) is 18.2 Å². The summed E-state index contributed by atoms with van der Waals surface area (Å²) in [6, 6.07) is 14.3. The number of aromatic nitrogens is 1. The predicted molar refractivity (Wildman–Crippen MR) is 161 cm³/mol. The Kier molecular flexibility index (Phi) is 10.5. The summed E-state index contributed by atoms with van der Waals surface area (Å²) in [5, 5.41) is 12.9. The molecule has 45 heavy (non-hydrogen) atoms. The van der Waals surface area contributed by atoms with Gasteiger partial charge in [-0.2, -0.15) is 5.26 Å². The van der Waals surface area contributed by atoms with E-state index in [1.807, 2.05) is 0 Å². The van der Waals surface area contributed by atoms with Crippen molar-refractivity contribution in [3.63, 3.8) is 0 Å². The van der Waals surface area contributed by atoms with E-state index in [0.717, 1.165) is 29.0 Å². The number of carbonyl (C=O) groups is 3. The largest absolute Gasteiger partial charge is 0.474 e. The molecule has 2 heterocycles. The third kappa shape index (κ3) is 8.24. The normalized spacial score (nSPS) is 10.7. The van der Waals surface area contributed by atoms with Gasteiger partial charge in [-0.15, -0.1) is 11.3 Å². The third-order valence-electron chi connectivity index (χ3n) is 6.35. The first-order valence-corrected chi connectivity index (χ1v) is 14.6. The first-order chi connectivity index (χ1) is 21.5. The molecule has 3 amide bonds. The van der Waals surface area contributed by atoms with Gasteiger partial charge >= 0.3 is 0 Å². The number of hydrazine groups is 1. The standard InChI is InChI=1S/C32H28F3N5O4S/c1-17(2)44-32-22(15-36)28(26-12-13-27(45-26)30(42)37-16-20-6-10-23(34)24(35)14-20)29(31(43)40-39-18(3)41)25(38-32)11-7-19-4-8-21(33)9-5-19/h4-6,8-10,12-14,17H,7,11,16H2,1-3H3,(H,37,42)(H,39,41)(H,40,43). The number of ether oxygens (including phenoxy) is 1. The van der Waals surface area contributed by atoms with Gasteiger partial charge in [0.15, 0.2) is 11.6 Å². The van der Waals surface area contributed by atoms with Crippen LogP contribution in [0.2, 0.25) is 0 Å². The Labute approximate surface area is 261 Å². The number of benzene rings is 2. The molecule has 0 aliphatic carbocycles. The van der Waals surface area contributed by atoms with E-state index < -0.39 is 35.2 Å². The van der Waals surface area contributed by atoms with Gasteiger partial charge in [-0.3, -0.25) is 25.2 Å². The van der Waals surface area contributed by atoms with E-state index in [4.69, 9.17) is 4.74 Å². The minimum atomic E-state index is -1.04. The number of hydrogen-bond acceptors (Lipinski definition) is 7. The molecule has 232 valence electrons. The van der Waals surface area contributed by atoms with Crippen LogP contribution in [0.15, 0.2) is 54.6 Å². The number of nitrogens with zero attached hydrogens (tertiary/aromatic N) is 2. The summed E-state index contributed by atoms with van der Waals surface area (Å²) in [7, 11) is 0. The number of amides is 3. The van der Waals surface area contributed by atoms with Gasteiger partial charge in [0.1, 0.15) is 17.4 Å². The van der Waals surface area contributed by atoms with E-state index in [2.05, 4.69) is 27.2 Å². The molecule has 13 heteroatoms. The van der Waals surface area contributed by atoms with Gasteiger partial charge in [-0.25, -0.2) is 18.2 Å². The van der Waals surface area contributed by atoms with Crippen molar-refractivity contribution in [3.8, 4) is 22.4 Å². The average molecular weight is 636 g/mol. The van der Waals surface area contributed by atoms with Gasteiger partial charge in [-0.05, 0) is 74.2 Å². The molecule has 0 bridgehead atoms. The van der Waals surface area contributed by atoms with E-state index in [1.54, 1.807) is 32.0 Å². The summed E-state index contributed by atoms with van der Waals surface area (Å²) in [4.78, 5) is 43.3. The van der Waals surface area contributed by atoms with Crippen LogP contribution in [0.25, 0.3) is 10.4 Å². The maximum absolute atomic E-state index is 13.6. The van der Waals surface area contributed by atoms with Gasteiger partial charge < -0.3 is 10.1 Å². The molecule has 2 aromatic heterocycles. The highest BCUT2D eigenvalue weighted by atomic mass is 32.1. The van der Waals surface area contributed by atoms with Crippen molar-refractivity contribution in [3.05, 3.63) is 105 Å². The first-order valence-electron chi connectivity index (χ1n) is 13.7. The number of hydrogen-bond donors (Lipinski definition) is 3. The molecule has 0 fully saturated rings. The highest BCUT2D eigenvalue weighted by Crippen LogP contribution is 2.39. The van der Waals surface area contributed by atoms with E-state index in [9.17, 15) is 32.8 Å². The lowest BCUT2D eigenvalue weighted by Gasteiger charge is -2.19. The third-order valence-corrected chi connectivity index (χ3v) is 7.46. The van der Waals surface area contributed by atoms with Crippen LogP contribution in [0.4, 0.5) is 13.2 Å². The van der Waals surface area contributed by atoms with Crippen molar-refractivity contribution in [2.75, 3.05) is 0 Å². The van der Waals surface area contributed by atoms with Gasteiger partial charge in [0, 0.05) is 23.9 Å².